The summed E-state index contributed by atoms with van der Waals surface area (Å²) >= 11 is 6.34. The fourth-order valence-corrected chi connectivity index (χ4v) is 2.67. The number of carbonyl (C=O) groups excluding carboxylic acids is 1. The van der Waals surface area contributed by atoms with Gasteiger partial charge in [0.25, 0.3) is 5.91 Å². The van der Waals surface area contributed by atoms with Crippen molar-refractivity contribution in [2.24, 2.45) is 0 Å². The van der Waals surface area contributed by atoms with Crippen LogP contribution >= 0.6 is 11.6 Å². The third kappa shape index (κ3) is 5.77. The first-order chi connectivity index (χ1) is 13.5. The number of halogens is 1. The van der Waals surface area contributed by atoms with E-state index in [1.807, 2.05) is 50.2 Å². The highest BCUT2D eigenvalue weighted by atomic mass is 35.5. The number of nitrogens with zero attached hydrogens (tertiary/aromatic N) is 1. The van der Waals surface area contributed by atoms with Crippen LogP contribution in [-0.2, 0) is 11.3 Å². The van der Waals surface area contributed by atoms with E-state index in [0.717, 1.165) is 12.0 Å². The van der Waals surface area contributed by atoms with Crippen molar-refractivity contribution in [2.45, 2.75) is 32.9 Å². The molecule has 0 bridgehead atoms. The van der Waals surface area contributed by atoms with E-state index in [1.165, 1.54) is 13.2 Å². The molecule has 0 aromatic heterocycles. The van der Waals surface area contributed by atoms with Gasteiger partial charge in [-0.2, -0.15) is 5.26 Å². The van der Waals surface area contributed by atoms with E-state index < -0.39 is 5.91 Å². The molecule has 0 aliphatic rings. The first-order valence-electron chi connectivity index (χ1n) is 8.96. The Morgan fingerprint density at radius 2 is 2.04 bits per heavy atom. The maximum absolute atomic E-state index is 12.4. The third-order valence-corrected chi connectivity index (χ3v) is 4.40. The molecular formula is C22H23ClN2O3. The number of ether oxygens (including phenoxy) is 2. The van der Waals surface area contributed by atoms with Crippen LogP contribution < -0.4 is 14.8 Å². The summed E-state index contributed by atoms with van der Waals surface area (Å²) in [5.41, 5.74) is 1.50. The Kier molecular flexibility index (Phi) is 7.91. The summed E-state index contributed by atoms with van der Waals surface area (Å²) in [4.78, 5) is 12.4. The van der Waals surface area contributed by atoms with Crippen molar-refractivity contribution in [2.75, 3.05) is 7.11 Å². The van der Waals surface area contributed by atoms with Crippen LogP contribution in [0.3, 0.4) is 0 Å². The maximum Gasteiger partial charge on any atom is 0.262 e. The van der Waals surface area contributed by atoms with Crippen molar-refractivity contribution in [3.8, 4) is 17.6 Å². The largest absolute Gasteiger partial charge is 0.493 e. The maximum atomic E-state index is 12.4. The van der Waals surface area contributed by atoms with Crippen molar-refractivity contribution in [1.82, 2.24) is 5.32 Å². The van der Waals surface area contributed by atoms with Gasteiger partial charge in [0.05, 0.1) is 18.2 Å². The lowest BCUT2D eigenvalue weighted by molar-refractivity contribution is -0.117. The van der Waals surface area contributed by atoms with E-state index in [-0.39, 0.29) is 11.7 Å². The van der Waals surface area contributed by atoms with Crippen molar-refractivity contribution in [1.29, 1.82) is 5.26 Å². The summed E-state index contributed by atoms with van der Waals surface area (Å²) < 4.78 is 11.2. The van der Waals surface area contributed by atoms with Gasteiger partial charge in [-0.05, 0) is 42.7 Å². The highest BCUT2D eigenvalue weighted by molar-refractivity contribution is 6.32. The molecule has 1 atom stereocenters. The molecule has 0 fully saturated rings. The average Bonchev–Trinajstić information content (AvgIpc) is 2.72. The van der Waals surface area contributed by atoms with E-state index in [4.69, 9.17) is 21.1 Å². The number of nitriles is 1. The predicted molar refractivity (Wildman–Crippen MR) is 110 cm³/mol. The monoisotopic (exact) mass is 398 g/mol. The number of methoxy groups -OCH3 is 1. The fraction of sp³-hybridized carbons (Fsp3) is 0.273. The van der Waals surface area contributed by atoms with Crippen LogP contribution in [0.5, 0.6) is 11.5 Å². The molecule has 5 nitrogen and oxygen atoms in total. The molecule has 0 saturated carbocycles. The van der Waals surface area contributed by atoms with Crippen LogP contribution in [0.25, 0.3) is 6.08 Å². The van der Waals surface area contributed by atoms with Crippen LogP contribution in [0.1, 0.15) is 31.4 Å². The second-order valence-electron chi connectivity index (χ2n) is 6.21. The fourth-order valence-electron chi connectivity index (χ4n) is 2.41. The van der Waals surface area contributed by atoms with Gasteiger partial charge in [0.2, 0.25) is 0 Å². The molecule has 0 heterocycles. The zero-order valence-corrected chi connectivity index (χ0v) is 16.9. The number of carbonyl (C=O) groups is 1. The zero-order chi connectivity index (χ0) is 20.5. The molecule has 146 valence electrons. The first kappa shape index (κ1) is 21.3. The second kappa shape index (κ2) is 10.4. The van der Waals surface area contributed by atoms with Crippen molar-refractivity contribution < 1.29 is 14.3 Å². The van der Waals surface area contributed by atoms with Crippen LogP contribution in [0.15, 0.2) is 48.0 Å². The normalized spacial score (nSPS) is 12.0. The Bertz CT molecular complexity index is 889. The number of rotatable bonds is 8. The minimum Gasteiger partial charge on any atom is -0.493 e. The number of nitrogens with one attached hydrogen (secondary N) is 1. The van der Waals surface area contributed by atoms with Gasteiger partial charge in [-0.25, -0.2) is 0 Å². The Balaban J connectivity index is 2.22. The van der Waals surface area contributed by atoms with Crippen LogP contribution in [0.2, 0.25) is 5.02 Å². The zero-order valence-electron chi connectivity index (χ0n) is 16.2. The van der Waals surface area contributed by atoms with Gasteiger partial charge in [-0.1, -0.05) is 48.9 Å². The van der Waals surface area contributed by atoms with Crippen LogP contribution in [-0.4, -0.2) is 19.1 Å². The molecule has 2 aromatic rings. The lowest BCUT2D eigenvalue weighted by Gasteiger charge is -2.17. The molecular weight excluding hydrogens is 376 g/mol. The lowest BCUT2D eigenvalue weighted by Crippen LogP contribution is -2.23. The Labute approximate surface area is 170 Å². The van der Waals surface area contributed by atoms with Gasteiger partial charge in [-0.3, -0.25) is 4.79 Å². The van der Waals surface area contributed by atoms with Gasteiger partial charge in [0, 0.05) is 6.54 Å². The average molecular weight is 399 g/mol. The van der Waals surface area contributed by atoms with E-state index >= 15 is 0 Å². The molecule has 0 aliphatic heterocycles. The molecule has 1 N–H and O–H groups in total. The number of benzene rings is 2. The summed E-state index contributed by atoms with van der Waals surface area (Å²) in [6, 6.07) is 14.7. The Morgan fingerprint density at radius 3 is 2.64 bits per heavy atom. The SMILES string of the molecule is CC[C@@H](C)Oc1c(Cl)cc(/C=C(/C#N)C(=O)NCc2ccccc2)cc1OC. The van der Waals surface area contributed by atoms with Gasteiger partial charge in [0.1, 0.15) is 11.6 Å². The Morgan fingerprint density at radius 1 is 1.32 bits per heavy atom. The van der Waals surface area contributed by atoms with Crippen molar-refractivity contribution in [3.63, 3.8) is 0 Å². The first-order valence-corrected chi connectivity index (χ1v) is 9.34. The van der Waals surface area contributed by atoms with E-state index in [2.05, 4.69) is 5.32 Å². The van der Waals surface area contributed by atoms with Gasteiger partial charge < -0.3 is 14.8 Å². The quantitative estimate of drug-likeness (QED) is 0.514. The number of hydrogen-bond acceptors (Lipinski definition) is 4. The summed E-state index contributed by atoms with van der Waals surface area (Å²) in [5.74, 6) is 0.435. The van der Waals surface area contributed by atoms with E-state index in [1.54, 1.807) is 12.1 Å². The lowest BCUT2D eigenvalue weighted by atomic mass is 10.1. The number of amides is 1. The molecule has 0 saturated heterocycles. The van der Waals surface area contributed by atoms with Crippen LogP contribution in [0, 0.1) is 11.3 Å². The van der Waals surface area contributed by atoms with Crippen LogP contribution in [0.4, 0.5) is 0 Å². The smallest absolute Gasteiger partial charge is 0.262 e. The molecule has 2 aromatic carbocycles. The number of hydrogen-bond donors (Lipinski definition) is 1. The van der Waals surface area contributed by atoms with E-state index in [0.29, 0.717) is 28.6 Å². The highest BCUT2D eigenvalue weighted by Crippen LogP contribution is 2.37. The molecule has 2 rings (SSSR count). The summed E-state index contributed by atoms with van der Waals surface area (Å²) in [5, 5.41) is 12.5. The summed E-state index contributed by atoms with van der Waals surface area (Å²) in [6.07, 6.45) is 2.27. The second-order valence-corrected chi connectivity index (χ2v) is 6.62. The molecule has 1 amide bonds. The Hall–Kier alpha value is -2.97. The third-order valence-electron chi connectivity index (χ3n) is 4.12. The molecule has 0 unspecified atom stereocenters. The standard InChI is InChI=1S/C22H23ClN2O3/c1-4-15(2)28-21-19(23)11-17(12-20(21)27-3)10-18(13-24)22(26)25-14-16-8-6-5-7-9-16/h5-12,15H,4,14H2,1-3H3,(H,25,26)/b18-10-/t15-/m1/s1. The van der Waals surface area contributed by atoms with Crippen molar-refractivity contribution in [3.05, 3.63) is 64.2 Å². The molecule has 6 heteroatoms. The minimum absolute atomic E-state index is 0.0220. The molecule has 0 aliphatic carbocycles. The molecule has 28 heavy (non-hydrogen) atoms. The summed E-state index contributed by atoms with van der Waals surface area (Å²) in [7, 11) is 1.51. The van der Waals surface area contributed by atoms with Crippen molar-refractivity contribution >= 4 is 23.6 Å². The topological polar surface area (TPSA) is 71.3 Å². The minimum atomic E-state index is -0.457. The van der Waals surface area contributed by atoms with Gasteiger partial charge in [-0.15, -0.1) is 0 Å². The summed E-state index contributed by atoms with van der Waals surface area (Å²) in [6.45, 7) is 4.29. The van der Waals surface area contributed by atoms with Gasteiger partial charge in [0.15, 0.2) is 11.5 Å². The van der Waals surface area contributed by atoms with E-state index in [9.17, 15) is 10.1 Å². The van der Waals surface area contributed by atoms with Gasteiger partial charge >= 0.3 is 0 Å². The molecule has 0 radical (unpaired) electrons. The highest BCUT2D eigenvalue weighted by Gasteiger charge is 2.15. The predicted octanol–water partition coefficient (Wildman–Crippen LogP) is 4.75. The molecule has 0 spiro atoms.